The van der Waals surface area contributed by atoms with Crippen molar-refractivity contribution < 1.29 is 19.4 Å². The largest absolute Gasteiger partial charge is 0.493 e. The maximum Gasteiger partial charge on any atom is 0.317 e. The summed E-state index contributed by atoms with van der Waals surface area (Å²) < 4.78 is 12.1. The first kappa shape index (κ1) is 15.2. The van der Waals surface area contributed by atoms with Crippen molar-refractivity contribution in [3.63, 3.8) is 0 Å². The predicted octanol–water partition coefficient (Wildman–Crippen LogP) is 2.33. The first-order valence-electron chi connectivity index (χ1n) is 8.00. The van der Waals surface area contributed by atoms with E-state index in [1.807, 2.05) is 23.1 Å². The van der Waals surface area contributed by atoms with Crippen LogP contribution in [0.1, 0.15) is 31.7 Å². The highest BCUT2D eigenvalue weighted by Crippen LogP contribution is 2.42. The molecule has 1 N–H and O–H groups in total. The van der Waals surface area contributed by atoms with Gasteiger partial charge < -0.3 is 14.6 Å². The Bertz CT molecular complexity index is 560. The molecule has 1 atom stereocenters. The fourth-order valence-corrected chi connectivity index (χ4v) is 3.41. The van der Waals surface area contributed by atoms with E-state index in [0.29, 0.717) is 13.2 Å². The van der Waals surface area contributed by atoms with Crippen LogP contribution in [0.3, 0.4) is 0 Å². The quantitative estimate of drug-likeness (QED) is 0.905. The average Bonchev–Trinajstić information content (AvgIpc) is 2.86. The van der Waals surface area contributed by atoms with Crippen LogP contribution in [0.2, 0.25) is 0 Å². The van der Waals surface area contributed by atoms with Gasteiger partial charge in [0.05, 0.1) is 13.2 Å². The van der Waals surface area contributed by atoms with Gasteiger partial charge in [0.15, 0.2) is 0 Å². The molecule has 1 spiro atoms. The lowest BCUT2D eigenvalue weighted by molar-refractivity contribution is -0.138. The number of carbonyl (C=O) groups is 1. The van der Waals surface area contributed by atoms with E-state index in [1.54, 1.807) is 0 Å². The second kappa shape index (κ2) is 6.16. The first-order chi connectivity index (χ1) is 10.6. The number of carboxylic acid groups (broad SMARTS) is 1. The van der Waals surface area contributed by atoms with Gasteiger partial charge in [0.2, 0.25) is 0 Å². The van der Waals surface area contributed by atoms with Gasteiger partial charge in [-0.25, -0.2) is 0 Å². The molecule has 2 aliphatic heterocycles. The zero-order chi connectivity index (χ0) is 15.6. The van der Waals surface area contributed by atoms with Crippen LogP contribution in [0.5, 0.6) is 11.5 Å². The molecular weight excluding hydrogens is 282 g/mol. The molecule has 0 aliphatic carbocycles. The molecule has 0 aromatic heterocycles. The second-order valence-corrected chi connectivity index (χ2v) is 6.22. The highest BCUT2D eigenvalue weighted by molar-refractivity contribution is 5.69. The molecule has 1 aromatic carbocycles. The number of aliphatic carboxylic acids is 1. The van der Waals surface area contributed by atoms with E-state index in [1.165, 1.54) is 0 Å². The van der Waals surface area contributed by atoms with Crippen LogP contribution < -0.4 is 9.47 Å². The van der Waals surface area contributed by atoms with E-state index in [4.69, 9.17) is 14.6 Å². The topological polar surface area (TPSA) is 59.0 Å². The van der Waals surface area contributed by atoms with E-state index in [9.17, 15) is 4.79 Å². The number of hydrogen-bond acceptors (Lipinski definition) is 4. The normalized spacial score (nSPS) is 24.0. The highest BCUT2D eigenvalue weighted by Gasteiger charge is 2.43. The molecule has 5 heteroatoms. The maximum atomic E-state index is 10.9. The monoisotopic (exact) mass is 305 g/mol. The molecular formula is C17H23NO4. The number of benzene rings is 1. The molecule has 1 aromatic rings. The third-order valence-electron chi connectivity index (χ3n) is 4.46. The smallest absolute Gasteiger partial charge is 0.317 e. The molecule has 22 heavy (non-hydrogen) atoms. The minimum absolute atomic E-state index is 0.0949. The molecule has 5 nitrogen and oxygen atoms in total. The Labute approximate surface area is 130 Å². The summed E-state index contributed by atoms with van der Waals surface area (Å²) in [6, 6.07) is 5.96. The van der Waals surface area contributed by atoms with Gasteiger partial charge in [-0.2, -0.15) is 0 Å². The summed E-state index contributed by atoms with van der Waals surface area (Å²) in [7, 11) is 0. The zero-order valence-corrected chi connectivity index (χ0v) is 13.0. The lowest BCUT2D eigenvalue weighted by atomic mass is 9.90. The molecule has 0 radical (unpaired) electrons. The van der Waals surface area contributed by atoms with Crippen molar-refractivity contribution in [1.29, 1.82) is 0 Å². The van der Waals surface area contributed by atoms with E-state index >= 15 is 0 Å². The summed E-state index contributed by atoms with van der Waals surface area (Å²) in [5, 5.41) is 8.94. The fraction of sp³-hybridized carbons (Fsp3) is 0.588. The number of fused-ring (bicyclic) bond motifs is 1. The van der Waals surface area contributed by atoms with Gasteiger partial charge in [-0.05, 0) is 31.4 Å². The van der Waals surface area contributed by atoms with Crippen LogP contribution in [-0.4, -0.2) is 47.8 Å². The van der Waals surface area contributed by atoms with Crippen LogP contribution in [0.25, 0.3) is 0 Å². The van der Waals surface area contributed by atoms with Crippen LogP contribution in [0.4, 0.5) is 0 Å². The van der Waals surface area contributed by atoms with E-state index < -0.39 is 5.97 Å². The third-order valence-corrected chi connectivity index (χ3v) is 4.46. The van der Waals surface area contributed by atoms with Crippen LogP contribution in [0.15, 0.2) is 18.2 Å². The van der Waals surface area contributed by atoms with Gasteiger partial charge in [-0.3, -0.25) is 9.69 Å². The van der Waals surface area contributed by atoms with Gasteiger partial charge >= 0.3 is 5.97 Å². The van der Waals surface area contributed by atoms with Crippen LogP contribution in [-0.2, 0) is 11.2 Å². The van der Waals surface area contributed by atoms with Gasteiger partial charge in [0, 0.05) is 25.1 Å². The highest BCUT2D eigenvalue weighted by atomic mass is 16.5. The van der Waals surface area contributed by atoms with E-state index in [2.05, 4.69) is 6.92 Å². The second-order valence-electron chi connectivity index (χ2n) is 6.22. The molecule has 0 saturated carbocycles. The fourth-order valence-electron chi connectivity index (χ4n) is 3.41. The summed E-state index contributed by atoms with van der Waals surface area (Å²) >= 11 is 0. The Morgan fingerprint density at radius 2 is 2.32 bits per heavy atom. The lowest BCUT2D eigenvalue weighted by Crippen LogP contribution is -2.43. The average molecular weight is 305 g/mol. The summed E-state index contributed by atoms with van der Waals surface area (Å²) in [6.07, 6.45) is 3.72. The van der Waals surface area contributed by atoms with E-state index in [-0.39, 0.29) is 12.1 Å². The molecule has 2 aliphatic rings. The Kier molecular flexibility index (Phi) is 4.25. The van der Waals surface area contributed by atoms with Gasteiger partial charge in [0.25, 0.3) is 0 Å². The molecule has 2 heterocycles. The molecule has 0 bridgehead atoms. The molecule has 0 amide bonds. The Balaban J connectivity index is 1.73. The van der Waals surface area contributed by atoms with Gasteiger partial charge in [-0.1, -0.05) is 13.0 Å². The molecule has 1 saturated heterocycles. The maximum absolute atomic E-state index is 10.9. The van der Waals surface area contributed by atoms with Crippen molar-refractivity contribution in [2.75, 3.05) is 26.2 Å². The van der Waals surface area contributed by atoms with Gasteiger partial charge in [0.1, 0.15) is 17.1 Å². The van der Waals surface area contributed by atoms with Crippen molar-refractivity contribution in [2.45, 2.75) is 38.2 Å². The zero-order valence-electron chi connectivity index (χ0n) is 13.0. The van der Waals surface area contributed by atoms with Gasteiger partial charge in [-0.15, -0.1) is 0 Å². The molecule has 120 valence electrons. The number of nitrogens with zero attached hydrogens (tertiary/aromatic N) is 1. The number of ether oxygens (including phenoxy) is 2. The Morgan fingerprint density at radius 1 is 1.45 bits per heavy atom. The summed E-state index contributed by atoms with van der Waals surface area (Å²) in [5.74, 6) is 1.05. The number of hydrogen-bond donors (Lipinski definition) is 1. The lowest BCUT2D eigenvalue weighted by Gasteiger charge is -2.36. The Morgan fingerprint density at radius 3 is 3.09 bits per heavy atom. The summed E-state index contributed by atoms with van der Waals surface area (Å²) in [5.41, 5.74) is 0.921. The van der Waals surface area contributed by atoms with Crippen molar-refractivity contribution in [2.24, 2.45) is 0 Å². The Hall–Kier alpha value is -1.75. The van der Waals surface area contributed by atoms with Crippen LogP contribution in [0, 0.1) is 0 Å². The minimum atomic E-state index is -0.775. The first-order valence-corrected chi connectivity index (χ1v) is 8.00. The van der Waals surface area contributed by atoms with Crippen molar-refractivity contribution in [3.8, 4) is 11.5 Å². The van der Waals surface area contributed by atoms with Crippen LogP contribution >= 0.6 is 0 Å². The summed E-state index contributed by atoms with van der Waals surface area (Å²) in [4.78, 5) is 12.8. The third kappa shape index (κ3) is 3.04. The molecule has 1 unspecified atom stereocenters. The summed E-state index contributed by atoms with van der Waals surface area (Å²) in [6.45, 7) is 4.38. The van der Waals surface area contributed by atoms with Crippen molar-refractivity contribution >= 4 is 5.97 Å². The van der Waals surface area contributed by atoms with E-state index in [0.717, 1.165) is 49.3 Å². The SMILES string of the molecule is CCCOc1cccc2c1CCC1(CCN(CC(=O)O)C1)O2. The van der Waals surface area contributed by atoms with Crippen molar-refractivity contribution in [1.82, 2.24) is 4.90 Å². The minimum Gasteiger partial charge on any atom is -0.493 e. The molecule has 3 rings (SSSR count). The predicted molar refractivity (Wildman–Crippen MR) is 82.6 cm³/mol. The number of rotatable bonds is 5. The standard InChI is InChI=1S/C17H23NO4/c1-2-10-21-14-4-3-5-15-13(14)6-7-17(22-15)8-9-18(12-17)11-16(19)20/h3-5H,2,6-12H2,1H3,(H,19,20). The van der Waals surface area contributed by atoms with Crippen molar-refractivity contribution in [3.05, 3.63) is 23.8 Å². The molecule has 1 fully saturated rings. The number of likely N-dealkylation sites (tertiary alicyclic amines) is 1. The number of carboxylic acids is 1.